The first-order valence-corrected chi connectivity index (χ1v) is 9.25. The molecule has 0 bridgehead atoms. The van der Waals surface area contributed by atoms with E-state index in [1.165, 1.54) is 12.1 Å². The molecule has 1 aliphatic heterocycles. The van der Waals surface area contributed by atoms with Crippen molar-refractivity contribution in [1.82, 2.24) is 15.8 Å². The molecule has 1 aromatic rings. The molecule has 0 radical (unpaired) electrons. The first-order chi connectivity index (χ1) is 13.3. The van der Waals surface area contributed by atoms with Crippen LogP contribution < -0.4 is 10.7 Å². The van der Waals surface area contributed by atoms with Crippen molar-refractivity contribution in [3.8, 4) is 0 Å². The predicted octanol–water partition coefficient (Wildman–Crippen LogP) is 1.85. The maximum Gasteiger partial charge on any atom is 0.344 e. The number of esters is 1. The van der Waals surface area contributed by atoms with Gasteiger partial charge in [-0.15, -0.1) is 0 Å². The molecule has 1 aromatic carbocycles. The Kier molecular flexibility index (Phi) is 5.83. The number of hydrogen-bond acceptors (Lipinski definition) is 5. The van der Waals surface area contributed by atoms with E-state index >= 15 is 0 Å². The second-order valence-corrected chi connectivity index (χ2v) is 7.19. The van der Waals surface area contributed by atoms with Crippen molar-refractivity contribution in [2.24, 2.45) is 0 Å². The highest BCUT2D eigenvalue weighted by Crippen LogP contribution is 2.32. The molecule has 28 heavy (non-hydrogen) atoms. The van der Waals surface area contributed by atoms with Gasteiger partial charge >= 0.3 is 12.0 Å². The highest BCUT2D eigenvalue weighted by Gasteiger charge is 2.52. The summed E-state index contributed by atoms with van der Waals surface area (Å²) >= 11 is 5.84. The third kappa shape index (κ3) is 4.09. The minimum absolute atomic E-state index is 0.0390. The van der Waals surface area contributed by atoms with Gasteiger partial charge < -0.3 is 10.1 Å². The molecular weight excluding hydrogens is 393 g/mol. The van der Waals surface area contributed by atoms with E-state index in [-0.39, 0.29) is 10.6 Å². The predicted molar refractivity (Wildman–Crippen MR) is 95.4 cm³/mol. The molecule has 0 unspecified atom stereocenters. The summed E-state index contributed by atoms with van der Waals surface area (Å²) in [4.78, 5) is 48.4. The molecule has 150 valence electrons. The van der Waals surface area contributed by atoms with Crippen molar-refractivity contribution in [3.63, 3.8) is 0 Å². The molecule has 1 saturated heterocycles. The Bertz CT molecular complexity index is 805. The third-order valence-electron chi connectivity index (χ3n) is 4.85. The fourth-order valence-corrected chi connectivity index (χ4v) is 3.65. The van der Waals surface area contributed by atoms with Gasteiger partial charge in [-0.1, -0.05) is 36.9 Å². The molecule has 0 atom stereocenters. The minimum Gasteiger partial charge on any atom is -0.455 e. The van der Waals surface area contributed by atoms with Crippen molar-refractivity contribution in [2.45, 2.75) is 44.1 Å². The van der Waals surface area contributed by atoms with Crippen LogP contribution in [0.15, 0.2) is 18.2 Å². The van der Waals surface area contributed by atoms with Gasteiger partial charge in [0.15, 0.2) is 6.61 Å². The average Bonchev–Trinajstić information content (AvgIpc) is 2.88. The van der Waals surface area contributed by atoms with Gasteiger partial charge in [0, 0.05) is 10.6 Å². The number of nitrogens with one attached hydrogen (secondary N) is 2. The van der Waals surface area contributed by atoms with Crippen LogP contribution in [0.1, 0.15) is 37.7 Å². The largest absolute Gasteiger partial charge is 0.455 e. The van der Waals surface area contributed by atoms with E-state index in [1.807, 2.05) is 0 Å². The van der Waals surface area contributed by atoms with Crippen molar-refractivity contribution in [1.29, 1.82) is 0 Å². The second-order valence-electron chi connectivity index (χ2n) is 6.79. The number of hydrogen-bond donors (Lipinski definition) is 2. The number of imide groups is 1. The summed E-state index contributed by atoms with van der Waals surface area (Å²) < 4.78 is 18.5. The van der Waals surface area contributed by atoms with Gasteiger partial charge in [-0.05, 0) is 25.0 Å². The molecule has 10 heteroatoms. The van der Waals surface area contributed by atoms with Gasteiger partial charge in [-0.3, -0.25) is 19.8 Å². The Morgan fingerprint density at radius 2 is 1.96 bits per heavy atom. The molecule has 1 aliphatic carbocycles. The van der Waals surface area contributed by atoms with Gasteiger partial charge in [0.25, 0.3) is 11.8 Å². The zero-order valence-electron chi connectivity index (χ0n) is 14.9. The lowest BCUT2D eigenvalue weighted by Crippen LogP contribution is -2.51. The number of nitrogens with zero attached hydrogens (tertiary/aromatic N) is 1. The number of hydrazine groups is 1. The number of rotatable bonds is 5. The lowest BCUT2D eigenvalue weighted by molar-refractivity contribution is -0.150. The maximum absolute atomic E-state index is 13.7. The number of carbonyl (C=O) groups excluding carboxylic acids is 4. The van der Waals surface area contributed by atoms with Gasteiger partial charge in [0.2, 0.25) is 0 Å². The third-order valence-corrected chi connectivity index (χ3v) is 5.21. The van der Waals surface area contributed by atoms with Crippen LogP contribution in [0.2, 0.25) is 5.02 Å². The van der Waals surface area contributed by atoms with E-state index in [0.29, 0.717) is 17.9 Å². The van der Waals surface area contributed by atoms with Crippen molar-refractivity contribution < 1.29 is 28.3 Å². The SMILES string of the molecule is O=C(COC(=O)Cc1c(F)cccc1Cl)NN1C(=O)NC2(CCCCC2)C1=O. The summed E-state index contributed by atoms with van der Waals surface area (Å²) in [6.07, 6.45) is 3.18. The zero-order valence-corrected chi connectivity index (χ0v) is 15.7. The monoisotopic (exact) mass is 411 g/mol. The van der Waals surface area contributed by atoms with Crippen molar-refractivity contribution >= 4 is 35.4 Å². The van der Waals surface area contributed by atoms with Gasteiger partial charge in [-0.25, -0.2) is 9.18 Å². The molecule has 3 rings (SSSR count). The van der Waals surface area contributed by atoms with Crippen LogP contribution in [0, 0.1) is 5.82 Å². The summed E-state index contributed by atoms with van der Waals surface area (Å²) in [7, 11) is 0. The molecule has 8 nitrogen and oxygen atoms in total. The Hall–Kier alpha value is -2.68. The number of amides is 4. The number of ether oxygens (including phenoxy) is 1. The standard InChI is InChI=1S/C18H19ClFN3O5/c19-12-5-4-6-13(20)11(12)9-15(25)28-10-14(24)22-23-16(26)18(21-17(23)27)7-2-1-3-8-18/h4-6H,1-3,7-10H2,(H,21,27)(H,22,24). The van der Waals surface area contributed by atoms with Gasteiger partial charge in [-0.2, -0.15) is 5.01 Å². The van der Waals surface area contributed by atoms with Crippen LogP contribution in [0.3, 0.4) is 0 Å². The van der Waals surface area contributed by atoms with E-state index in [2.05, 4.69) is 10.7 Å². The van der Waals surface area contributed by atoms with Crippen LogP contribution in [0.4, 0.5) is 9.18 Å². The molecule has 4 amide bonds. The van der Waals surface area contributed by atoms with E-state index in [4.69, 9.17) is 16.3 Å². The quantitative estimate of drug-likeness (QED) is 0.568. The molecule has 1 saturated carbocycles. The Labute approximate surface area is 165 Å². The smallest absolute Gasteiger partial charge is 0.344 e. The molecule has 2 fully saturated rings. The second kappa shape index (κ2) is 8.14. The Morgan fingerprint density at radius 3 is 2.64 bits per heavy atom. The fraction of sp³-hybridized carbons (Fsp3) is 0.444. The van der Waals surface area contributed by atoms with E-state index in [1.54, 1.807) is 0 Å². The van der Waals surface area contributed by atoms with Crippen molar-refractivity contribution in [2.75, 3.05) is 6.61 Å². The van der Waals surface area contributed by atoms with E-state index < -0.39 is 48.2 Å². The summed E-state index contributed by atoms with van der Waals surface area (Å²) in [5.41, 5.74) is 1.14. The molecule has 1 spiro atoms. The van der Waals surface area contributed by atoms with Crippen LogP contribution in [0.25, 0.3) is 0 Å². The summed E-state index contributed by atoms with van der Waals surface area (Å²) in [6.45, 7) is -0.727. The summed E-state index contributed by atoms with van der Waals surface area (Å²) in [5.74, 6) is -2.91. The van der Waals surface area contributed by atoms with Gasteiger partial charge in [0.1, 0.15) is 11.4 Å². The number of urea groups is 1. The Morgan fingerprint density at radius 1 is 1.25 bits per heavy atom. The lowest BCUT2D eigenvalue weighted by atomic mass is 9.82. The number of benzene rings is 1. The van der Waals surface area contributed by atoms with Crippen LogP contribution in [-0.4, -0.2) is 41.0 Å². The molecular formula is C18H19ClFN3O5. The van der Waals surface area contributed by atoms with E-state index in [0.717, 1.165) is 25.3 Å². The normalized spacial score (nSPS) is 18.1. The Balaban J connectivity index is 1.52. The molecule has 1 heterocycles. The molecule has 2 aliphatic rings. The first kappa shape index (κ1) is 20.1. The number of halogens is 2. The van der Waals surface area contributed by atoms with Crippen LogP contribution in [0.5, 0.6) is 0 Å². The summed E-state index contributed by atoms with van der Waals surface area (Å²) in [5, 5.41) is 3.33. The first-order valence-electron chi connectivity index (χ1n) is 8.87. The number of carbonyl (C=O) groups is 4. The molecule has 0 aromatic heterocycles. The topological polar surface area (TPSA) is 105 Å². The average molecular weight is 412 g/mol. The molecule has 2 N–H and O–H groups in total. The zero-order chi connectivity index (χ0) is 20.3. The van der Waals surface area contributed by atoms with Crippen LogP contribution >= 0.6 is 11.6 Å². The van der Waals surface area contributed by atoms with Crippen molar-refractivity contribution in [3.05, 3.63) is 34.6 Å². The highest BCUT2D eigenvalue weighted by molar-refractivity contribution is 6.31. The lowest BCUT2D eigenvalue weighted by Gasteiger charge is -2.30. The minimum atomic E-state index is -0.971. The summed E-state index contributed by atoms with van der Waals surface area (Å²) in [6, 6.07) is 3.26. The highest BCUT2D eigenvalue weighted by atomic mass is 35.5. The van der Waals surface area contributed by atoms with E-state index in [9.17, 15) is 23.6 Å². The maximum atomic E-state index is 13.7. The van der Waals surface area contributed by atoms with Crippen LogP contribution in [-0.2, 0) is 25.5 Å². The fourth-order valence-electron chi connectivity index (χ4n) is 3.42. The van der Waals surface area contributed by atoms with Gasteiger partial charge in [0.05, 0.1) is 6.42 Å².